The van der Waals surface area contributed by atoms with Crippen LogP contribution in [0.4, 0.5) is 0 Å². The highest BCUT2D eigenvalue weighted by Crippen LogP contribution is 2.15. The first-order chi connectivity index (χ1) is 8.35. The van der Waals surface area contributed by atoms with Gasteiger partial charge in [-0.2, -0.15) is 23.5 Å². The fourth-order valence-corrected chi connectivity index (χ4v) is 0.866. The average Bonchev–Trinajstić information content (AvgIpc) is 2.41. The molecule has 0 radical (unpaired) electrons. The first kappa shape index (κ1) is 38.4. The summed E-state index contributed by atoms with van der Waals surface area (Å²) in [6.45, 7) is 6.14. The van der Waals surface area contributed by atoms with Crippen LogP contribution in [-0.4, -0.2) is 38.0 Å². The number of thioether (sulfide) groups is 4. The van der Waals surface area contributed by atoms with Crippen LogP contribution in [0.25, 0.3) is 0 Å². The van der Waals surface area contributed by atoms with Gasteiger partial charge in [-0.25, -0.2) is 0 Å². The first-order valence-corrected chi connectivity index (χ1v) is 16.9. The summed E-state index contributed by atoms with van der Waals surface area (Å²) >= 11 is 19.3. The van der Waals surface area contributed by atoms with Crippen molar-refractivity contribution in [3.8, 4) is 0 Å². The molecule has 0 aliphatic heterocycles. The molecule has 20 heavy (non-hydrogen) atoms. The lowest BCUT2D eigenvalue weighted by atomic mass is 11.0. The molecular weight excluding hydrogens is 590 g/mol. The van der Waals surface area contributed by atoms with Crippen molar-refractivity contribution in [3.63, 3.8) is 0 Å². The normalized spacial score (nSPS) is 7.10. The minimum Gasteiger partial charge on any atom is -0.151 e. The van der Waals surface area contributed by atoms with E-state index in [4.69, 9.17) is 0 Å². The molecule has 0 heterocycles. The average molecular weight is 621 g/mol. The lowest BCUT2D eigenvalue weighted by molar-refractivity contribution is 1.43. The Morgan fingerprint density at radius 2 is 0.950 bits per heavy atom. The van der Waals surface area contributed by atoms with Crippen molar-refractivity contribution >= 4 is 117 Å². The molecule has 0 N–H and O–H groups in total. The summed E-state index contributed by atoms with van der Waals surface area (Å²) in [4.78, 5) is 0. The van der Waals surface area contributed by atoms with Crippen molar-refractivity contribution < 1.29 is 0 Å². The molecule has 8 heteroatoms. The molecule has 0 aliphatic rings. The Morgan fingerprint density at radius 1 is 0.800 bits per heavy atom. The molecule has 0 unspecified atom stereocenters. The zero-order chi connectivity index (χ0) is 15.6. The summed E-state index contributed by atoms with van der Waals surface area (Å²) in [7, 11) is 0. The SMILES string of the molecule is CSC(C)=[SH+].CSC(C)=[SH+].CSC(C)SC.II.[CH3+].[CH3+]. The highest BCUT2D eigenvalue weighted by atomic mass is 128. The highest BCUT2D eigenvalue weighted by Gasteiger charge is 1.89. The van der Waals surface area contributed by atoms with Gasteiger partial charge in [-0.05, 0) is 31.9 Å². The van der Waals surface area contributed by atoms with Crippen LogP contribution in [0.15, 0.2) is 0 Å². The number of halogens is 2. The molecular formula is C12H30I2S6+4. The molecule has 0 aliphatic carbocycles. The van der Waals surface area contributed by atoms with Gasteiger partial charge in [0.1, 0.15) is 0 Å². The van der Waals surface area contributed by atoms with Crippen LogP contribution in [0.5, 0.6) is 0 Å². The predicted octanol–water partition coefficient (Wildman–Crippen LogP) is 6.29. The minimum atomic E-state index is 0. The molecule has 0 amide bonds. The van der Waals surface area contributed by atoms with Crippen molar-refractivity contribution in [1.82, 2.24) is 0 Å². The summed E-state index contributed by atoms with van der Waals surface area (Å²) in [5.74, 6) is 0. The Morgan fingerprint density at radius 3 is 0.950 bits per heavy atom. The van der Waals surface area contributed by atoms with E-state index in [0.29, 0.717) is 0 Å². The molecule has 0 saturated heterocycles. The highest BCUT2D eigenvalue weighted by molar-refractivity contribution is 15.0. The molecule has 0 aromatic carbocycles. The van der Waals surface area contributed by atoms with Gasteiger partial charge in [0, 0.05) is 70.5 Å². The number of thiol groups is 2. The van der Waals surface area contributed by atoms with Crippen LogP contribution in [-0.2, 0) is 24.4 Å². The fourth-order valence-electron chi connectivity index (χ4n) is 0.0962. The van der Waals surface area contributed by atoms with Gasteiger partial charge < -0.3 is 0 Å². The smallest absolute Gasteiger partial charge is 0.151 e. The second-order valence-corrected chi connectivity index (χ2v) is 9.13. The maximum absolute atomic E-state index is 3.98. The third-order valence-corrected chi connectivity index (χ3v) is 6.01. The predicted molar refractivity (Wildman–Crippen MR) is 143 cm³/mol. The summed E-state index contributed by atoms with van der Waals surface area (Å²) in [6.07, 6.45) is 8.26. The Labute approximate surface area is 180 Å². The van der Waals surface area contributed by atoms with Gasteiger partial charge in [0.25, 0.3) is 0 Å². The van der Waals surface area contributed by atoms with E-state index in [1.54, 1.807) is 23.5 Å². The van der Waals surface area contributed by atoms with Crippen LogP contribution < -0.4 is 0 Å². The van der Waals surface area contributed by atoms with E-state index in [1.165, 1.54) is 0 Å². The second kappa shape index (κ2) is 37.8. The van der Waals surface area contributed by atoms with E-state index in [2.05, 4.69) is 81.1 Å². The molecule has 0 bridgehead atoms. The molecule has 0 spiro atoms. The zero-order valence-corrected chi connectivity index (χ0v) is 23.2. The Bertz CT molecular complexity index is 161. The summed E-state index contributed by atoms with van der Waals surface area (Å²) in [5, 5.41) is 0. The van der Waals surface area contributed by atoms with Gasteiger partial charge >= 0.3 is 0 Å². The van der Waals surface area contributed by atoms with Crippen LogP contribution in [0.2, 0.25) is 0 Å². The standard InChI is InChI=1S/C4H10S2.2C3H6S2.2CH3.I2/c1-4(5-2)6-3;2*1-3(4)5-2;;;1-2/h4H,1-3H3;2*1-2H3;2*1H3;/q;;;2*+1;/p+2. The van der Waals surface area contributed by atoms with Crippen molar-refractivity contribution in [2.24, 2.45) is 0 Å². The van der Waals surface area contributed by atoms with Crippen LogP contribution in [0.3, 0.4) is 0 Å². The van der Waals surface area contributed by atoms with Crippen LogP contribution >= 0.6 is 84.3 Å². The first-order valence-electron chi connectivity index (χ1n) is 4.68. The van der Waals surface area contributed by atoms with E-state index in [9.17, 15) is 0 Å². The number of hydrogen-bond donors (Lipinski definition) is 0. The van der Waals surface area contributed by atoms with Crippen molar-refractivity contribution in [2.75, 3.05) is 25.0 Å². The fraction of sp³-hybridized carbons (Fsp3) is 0.667. The van der Waals surface area contributed by atoms with E-state index in [0.717, 1.165) is 13.0 Å². The van der Waals surface area contributed by atoms with Gasteiger partial charge in [-0.15, -0.1) is 0 Å². The van der Waals surface area contributed by atoms with Gasteiger partial charge in [-0.1, -0.05) is 23.5 Å². The molecule has 0 saturated carbocycles. The molecule has 0 fully saturated rings. The summed E-state index contributed by atoms with van der Waals surface area (Å²) in [6, 6.07) is 0. The van der Waals surface area contributed by atoms with E-state index < -0.39 is 0 Å². The molecule has 0 aromatic heterocycles. The molecule has 0 nitrogen and oxygen atoms in total. The Balaban J connectivity index is -0.0000000331. The number of rotatable bonds is 2. The molecule has 124 valence electrons. The van der Waals surface area contributed by atoms with Gasteiger partial charge in [-0.3, -0.25) is 0 Å². The monoisotopic (exact) mass is 620 g/mol. The lowest BCUT2D eigenvalue weighted by Crippen LogP contribution is -1.81. The van der Waals surface area contributed by atoms with Crippen molar-refractivity contribution in [3.05, 3.63) is 14.9 Å². The summed E-state index contributed by atoms with van der Waals surface area (Å²) in [5.41, 5.74) is 0. The molecule has 0 rings (SSSR count). The van der Waals surface area contributed by atoms with Gasteiger partial charge in [0.2, 0.25) is 8.39 Å². The third-order valence-electron chi connectivity index (χ3n) is 1.25. The van der Waals surface area contributed by atoms with E-state index >= 15 is 0 Å². The zero-order valence-electron chi connectivity index (χ0n) is 13.9. The quantitative estimate of drug-likeness (QED) is 0.0890. The van der Waals surface area contributed by atoms with E-state index in [1.807, 2.05) is 49.9 Å². The van der Waals surface area contributed by atoms with Crippen molar-refractivity contribution in [1.29, 1.82) is 0 Å². The minimum absolute atomic E-state index is 0. The largest absolute Gasteiger partial charge is 0.228 e. The van der Waals surface area contributed by atoms with Gasteiger partial charge in [0.15, 0.2) is 24.4 Å². The second-order valence-electron chi connectivity index (χ2n) is 2.49. The van der Waals surface area contributed by atoms with Crippen LogP contribution in [0, 0.1) is 14.9 Å². The van der Waals surface area contributed by atoms with Crippen molar-refractivity contribution in [2.45, 2.75) is 25.4 Å². The number of hydrogen-bond acceptors (Lipinski definition) is 4. The Hall–Kier alpha value is 2.78. The maximum Gasteiger partial charge on any atom is 0.228 e. The lowest BCUT2D eigenvalue weighted by Gasteiger charge is -1.98. The Kier molecular flexibility index (Phi) is 72.5. The summed E-state index contributed by atoms with van der Waals surface area (Å²) < 4.78 is 3.00. The van der Waals surface area contributed by atoms with E-state index in [-0.39, 0.29) is 14.9 Å². The van der Waals surface area contributed by atoms with Crippen LogP contribution in [0.1, 0.15) is 20.8 Å². The molecule has 0 aromatic rings. The topological polar surface area (TPSA) is 0 Å². The molecule has 0 atom stereocenters. The third kappa shape index (κ3) is 70.0. The maximum atomic E-state index is 3.98. The van der Waals surface area contributed by atoms with Gasteiger partial charge in [0.05, 0.1) is 0 Å².